The van der Waals surface area contributed by atoms with E-state index < -0.39 is 0 Å². The lowest BCUT2D eigenvalue weighted by Crippen LogP contribution is -1.88. The molecule has 1 aliphatic carbocycles. The van der Waals surface area contributed by atoms with Crippen molar-refractivity contribution < 1.29 is 4.39 Å². The molecular formula is C13H9ClFN. The molecule has 1 nitrogen and oxygen atoms in total. The third-order valence-electron chi connectivity index (χ3n) is 2.91. The van der Waals surface area contributed by atoms with E-state index in [-0.39, 0.29) is 5.82 Å². The lowest BCUT2D eigenvalue weighted by molar-refractivity contribution is 0.626. The second-order valence-electron chi connectivity index (χ2n) is 4.02. The number of hydrogen-bond donors (Lipinski definition) is 1. The lowest BCUT2D eigenvalue weighted by Gasteiger charge is -2.05. The second-order valence-corrected chi connectivity index (χ2v) is 4.42. The van der Waals surface area contributed by atoms with Gasteiger partial charge >= 0.3 is 0 Å². The van der Waals surface area contributed by atoms with E-state index >= 15 is 0 Å². The maximum Gasteiger partial charge on any atom is 0.123 e. The maximum absolute atomic E-state index is 13.1. The predicted octanol–water partition coefficient (Wildman–Crippen LogP) is 3.63. The Morgan fingerprint density at radius 1 is 1.12 bits per heavy atom. The lowest BCUT2D eigenvalue weighted by atomic mass is 10.1. The third kappa shape index (κ3) is 1.30. The Morgan fingerprint density at radius 3 is 2.75 bits per heavy atom. The molecule has 3 heteroatoms. The van der Waals surface area contributed by atoms with Crippen LogP contribution in [0.5, 0.6) is 0 Å². The van der Waals surface area contributed by atoms with Crippen LogP contribution < -0.4 is 5.73 Å². The van der Waals surface area contributed by atoms with Crippen LogP contribution in [0.3, 0.4) is 0 Å². The molecule has 0 unspecified atom stereocenters. The first-order valence-corrected chi connectivity index (χ1v) is 5.39. The fourth-order valence-electron chi connectivity index (χ4n) is 2.29. The van der Waals surface area contributed by atoms with E-state index in [1.807, 2.05) is 6.07 Å². The Labute approximate surface area is 97.7 Å². The molecule has 0 amide bonds. The summed E-state index contributed by atoms with van der Waals surface area (Å²) in [6, 6.07) is 8.43. The first-order valence-electron chi connectivity index (χ1n) is 5.02. The van der Waals surface area contributed by atoms with Crippen molar-refractivity contribution >= 4 is 17.3 Å². The van der Waals surface area contributed by atoms with Crippen LogP contribution in [-0.2, 0) is 6.42 Å². The molecule has 0 aromatic heterocycles. The molecule has 0 saturated carbocycles. The van der Waals surface area contributed by atoms with Crippen molar-refractivity contribution in [2.24, 2.45) is 0 Å². The van der Waals surface area contributed by atoms with Crippen LogP contribution in [0.25, 0.3) is 11.1 Å². The summed E-state index contributed by atoms with van der Waals surface area (Å²) in [5.41, 5.74) is 10.4. The van der Waals surface area contributed by atoms with Crippen molar-refractivity contribution in [3.8, 4) is 11.1 Å². The van der Waals surface area contributed by atoms with Crippen LogP contribution in [-0.4, -0.2) is 0 Å². The van der Waals surface area contributed by atoms with Gasteiger partial charge in [-0.1, -0.05) is 17.7 Å². The zero-order valence-corrected chi connectivity index (χ0v) is 9.18. The highest BCUT2D eigenvalue weighted by molar-refractivity contribution is 6.34. The molecule has 0 bridgehead atoms. The van der Waals surface area contributed by atoms with E-state index in [9.17, 15) is 4.39 Å². The smallest absolute Gasteiger partial charge is 0.123 e. The van der Waals surface area contributed by atoms with Gasteiger partial charge in [0.2, 0.25) is 0 Å². The molecule has 0 fully saturated rings. The number of fused-ring (bicyclic) bond motifs is 3. The number of nitrogen functional groups attached to an aromatic ring is 1. The highest BCUT2D eigenvalue weighted by Gasteiger charge is 2.21. The predicted molar refractivity (Wildman–Crippen MR) is 64.1 cm³/mol. The number of halogens is 2. The van der Waals surface area contributed by atoms with Crippen LogP contribution in [0.4, 0.5) is 10.1 Å². The van der Waals surface area contributed by atoms with Crippen LogP contribution in [0.2, 0.25) is 5.02 Å². The average molecular weight is 234 g/mol. The van der Waals surface area contributed by atoms with Crippen LogP contribution in [0.1, 0.15) is 11.1 Å². The Hall–Kier alpha value is -1.54. The Kier molecular flexibility index (Phi) is 1.95. The minimum absolute atomic E-state index is 0.212. The molecule has 0 saturated heterocycles. The van der Waals surface area contributed by atoms with Crippen LogP contribution >= 0.6 is 11.6 Å². The van der Waals surface area contributed by atoms with Crippen molar-refractivity contribution in [3.63, 3.8) is 0 Å². The molecule has 2 aromatic rings. The Balaban J connectivity index is 2.29. The van der Waals surface area contributed by atoms with Gasteiger partial charge in [0, 0.05) is 11.3 Å². The quantitative estimate of drug-likeness (QED) is 0.590. The van der Waals surface area contributed by atoms with Gasteiger partial charge in [0.1, 0.15) is 5.82 Å². The van der Waals surface area contributed by atoms with E-state index in [2.05, 4.69) is 0 Å². The number of hydrogen-bond acceptors (Lipinski definition) is 1. The van der Waals surface area contributed by atoms with Crippen LogP contribution in [0, 0.1) is 5.82 Å². The Bertz CT molecular complexity index is 593. The Morgan fingerprint density at radius 2 is 1.94 bits per heavy atom. The van der Waals surface area contributed by atoms with Crippen molar-refractivity contribution in [1.82, 2.24) is 0 Å². The molecule has 1 aliphatic rings. The van der Waals surface area contributed by atoms with E-state index in [1.165, 1.54) is 6.07 Å². The number of benzene rings is 2. The molecule has 2 N–H and O–H groups in total. The molecule has 2 aromatic carbocycles. The van der Waals surface area contributed by atoms with Gasteiger partial charge < -0.3 is 5.73 Å². The summed E-state index contributed by atoms with van der Waals surface area (Å²) in [5, 5.41) is 0.639. The summed E-state index contributed by atoms with van der Waals surface area (Å²) in [5.74, 6) is -0.212. The first-order chi connectivity index (χ1) is 7.65. The topological polar surface area (TPSA) is 26.0 Å². The van der Waals surface area contributed by atoms with Gasteiger partial charge in [-0.2, -0.15) is 0 Å². The van der Waals surface area contributed by atoms with Crippen molar-refractivity contribution in [2.45, 2.75) is 6.42 Å². The van der Waals surface area contributed by atoms with Gasteiger partial charge in [-0.15, -0.1) is 0 Å². The van der Waals surface area contributed by atoms with E-state index in [0.717, 1.165) is 22.3 Å². The van der Waals surface area contributed by atoms with E-state index in [1.54, 1.807) is 18.2 Å². The van der Waals surface area contributed by atoms with Crippen molar-refractivity contribution in [3.05, 3.63) is 52.3 Å². The van der Waals surface area contributed by atoms with Gasteiger partial charge in [-0.3, -0.25) is 0 Å². The zero-order chi connectivity index (χ0) is 11.3. The van der Waals surface area contributed by atoms with Gasteiger partial charge in [0.15, 0.2) is 0 Å². The minimum atomic E-state index is -0.212. The average Bonchev–Trinajstić information content (AvgIpc) is 2.54. The molecular weight excluding hydrogens is 225 g/mol. The molecule has 0 heterocycles. The SMILES string of the molecule is Nc1cc(Cl)c2c(c1)Cc1cc(F)ccc1-2. The summed E-state index contributed by atoms with van der Waals surface area (Å²) in [6.07, 6.45) is 0.702. The van der Waals surface area contributed by atoms with Crippen LogP contribution in [0.15, 0.2) is 30.3 Å². The summed E-state index contributed by atoms with van der Waals surface area (Å²) in [4.78, 5) is 0. The standard InChI is InChI=1S/C13H9ClFN/c14-12-6-10(16)5-8-3-7-4-9(15)1-2-11(7)13(8)12/h1-2,4-6H,3,16H2. The monoisotopic (exact) mass is 233 g/mol. The largest absolute Gasteiger partial charge is 0.399 e. The number of anilines is 1. The summed E-state index contributed by atoms with van der Waals surface area (Å²) in [6.45, 7) is 0. The number of rotatable bonds is 0. The van der Waals surface area contributed by atoms with Gasteiger partial charge in [-0.05, 0) is 47.4 Å². The molecule has 16 heavy (non-hydrogen) atoms. The van der Waals surface area contributed by atoms with Gasteiger partial charge in [-0.25, -0.2) is 4.39 Å². The van der Waals surface area contributed by atoms with E-state index in [4.69, 9.17) is 17.3 Å². The maximum atomic E-state index is 13.1. The molecule has 0 atom stereocenters. The number of nitrogens with two attached hydrogens (primary N) is 1. The normalized spacial score (nSPS) is 12.4. The molecule has 0 aliphatic heterocycles. The zero-order valence-electron chi connectivity index (χ0n) is 8.43. The van der Waals surface area contributed by atoms with Crippen molar-refractivity contribution in [1.29, 1.82) is 0 Å². The minimum Gasteiger partial charge on any atom is -0.399 e. The third-order valence-corrected chi connectivity index (χ3v) is 3.21. The highest BCUT2D eigenvalue weighted by atomic mass is 35.5. The molecule has 80 valence electrons. The molecule has 3 rings (SSSR count). The summed E-state index contributed by atoms with van der Waals surface area (Å²) in [7, 11) is 0. The van der Waals surface area contributed by atoms with E-state index in [0.29, 0.717) is 17.1 Å². The highest BCUT2D eigenvalue weighted by Crippen LogP contribution is 2.42. The fourth-order valence-corrected chi connectivity index (χ4v) is 2.63. The van der Waals surface area contributed by atoms with Gasteiger partial charge in [0.25, 0.3) is 0 Å². The van der Waals surface area contributed by atoms with Crippen molar-refractivity contribution in [2.75, 3.05) is 5.73 Å². The molecule has 0 radical (unpaired) electrons. The first kappa shape index (κ1) is 9.67. The fraction of sp³-hybridized carbons (Fsp3) is 0.0769. The summed E-state index contributed by atoms with van der Waals surface area (Å²) >= 11 is 6.17. The van der Waals surface area contributed by atoms with Gasteiger partial charge in [0.05, 0.1) is 5.02 Å². The summed E-state index contributed by atoms with van der Waals surface area (Å²) < 4.78 is 13.1. The second kappa shape index (κ2) is 3.22. The molecule has 0 spiro atoms.